The Kier molecular flexibility index (Phi) is 3.46. The first-order chi connectivity index (χ1) is 9.70. The van der Waals surface area contributed by atoms with E-state index in [1.165, 1.54) is 11.3 Å². The number of thiazole rings is 1. The lowest BCUT2D eigenvalue weighted by Gasteiger charge is -2.17. The first-order valence-corrected chi connectivity index (χ1v) is 7.31. The molecular weight excluding hydrogens is 294 g/mol. The van der Waals surface area contributed by atoms with E-state index in [-0.39, 0.29) is 0 Å². The van der Waals surface area contributed by atoms with Gasteiger partial charge in [0.15, 0.2) is 17.1 Å². The average molecular weight is 306 g/mol. The van der Waals surface area contributed by atoms with Gasteiger partial charge < -0.3 is 4.90 Å². The third-order valence-electron chi connectivity index (χ3n) is 3.12. The van der Waals surface area contributed by atoms with Gasteiger partial charge >= 0.3 is 0 Å². The largest absolute Gasteiger partial charge is 0.353 e. The zero-order valence-electron chi connectivity index (χ0n) is 10.8. The van der Waals surface area contributed by atoms with E-state index < -0.39 is 0 Å². The summed E-state index contributed by atoms with van der Waals surface area (Å²) in [4.78, 5) is 18.6. The number of fused-ring (bicyclic) bond motifs is 1. The van der Waals surface area contributed by atoms with Crippen LogP contribution in [-0.2, 0) is 6.54 Å². The Morgan fingerprint density at radius 3 is 3.00 bits per heavy atom. The molecule has 20 heavy (non-hydrogen) atoms. The predicted molar refractivity (Wildman–Crippen MR) is 82.0 cm³/mol. The fourth-order valence-electron chi connectivity index (χ4n) is 2.14. The van der Waals surface area contributed by atoms with E-state index in [9.17, 15) is 4.79 Å². The maximum absolute atomic E-state index is 11.3. The van der Waals surface area contributed by atoms with Crippen molar-refractivity contribution in [1.82, 2.24) is 9.38 Å². The van der Waals surface area contributed by atoms with E-state index in [0.717, 1.165) is 16.8 Å². The number of carbonyl (C=O) groups is 1. The van der Waals surface area contributed by atoms with Crippen molar-refractivity contribution in [3.63, 3.8) is 0 Å². The molecule has 0 aliphatic carbocycles. The first kappa shape index (κ1) is 13.1. The minimum Gasteiger partial charge on any atom is -0.353 e. The van der Waals surface area contributed by atoms with E-state index >= 15 is 0 Å². The highest BCUT2D eigenvalue weighted by Crippen LogP contribution is 2.25. The molecule has 1 aromatic carbocycles. The summed E-state index contributed by atoms with van der Waals surface area (Å²) in [6.07, 6.45) is 2.69. The number of aldehydes is 1. The quantitative estimate of drug-likeness (QED) is 0.692. The molecule has 0 unspecified atom stereocenters. The van der Waals surface area contributed by atoms with Gasteiger partial charge in [-0.25, -0.2) is 4.98 Å². The molecule has 0 fully saturated rings. The summed E-state index contributed by atoms with van der Waals surface area (Å²) in [5.41, 5.74) is 1.57. The summed E-state index contributed by atoms with van der Waals surface area (Å²) in [5, 5.41) is 2.63. The minimum atomic E-state index is 0.566. The molecule has 3 rings (SSSR count). The Morgan fingerprint density at radius 1 is 1.45 bits per heavy atom. The predicted octanol–water partition coefficient (Wildman–Crippen LogP) is 3.50. The van der Waals surface area contributed by atoms with Crippen molar-refractivity contribution in [3.05, 3.63) is 52.1 Å². The smallest absolute Gasteiger partial charge is 0.196 e. The van der Waals surface area contributed by atoms with Crippen LogP contribution in [-0.4, -0.2) is 22.7 Å². The van der Waals surface area contributed by atoms with Gasteiger partial charge in [0.2, 0.25) is 0 Å². The van der Waals surface area contributed by atoms with Crippen LogP contribution in [0.3, 0.4) is 0 Å². The van der Waals surface area contributed by atoms with Crippen LogP contribution < -0.4 is 4.90 Å². The number of carbonyl (C=O) groups excluding carboxylic acids is 1. The monoisotopic (exact) mass is 305 g/mol. The van der Waals surface area contributed by atoms with E-state index in [1.54, 1.807) is 4.40 Å². The van der Waals surface area contributed by atoms with Crippen molar-refractivity contribution < 1.29 is 4.79 Å². The number of rotatable bonds is 4. The lowest BCUT2D eigenvalue weighted by Crippen LogP contribution is -2.18. The lowest BCUT2D eigenvalue weighted by atomic mass is 10.2. The number of imidazole rings is 1. The second kappa shape index (κ2) is 5.26. The van der Waals surface area contributed by atoms with Crippen LogP contribution in [0.5, 0.6) is 0 Å². The molecule has 0 atom stereocenters. The normalized spacial score (nSPS) is 10.9. The second-order valence-electron chi connectivity index (χ2n) is 4.44. The van der Waals surface area contributed by atoms with E-state index in [0.29, 0.717) is 23.1 Å². The van der Waals surface area contributed by atoms with Gasteiger partial charge in [0.25, 0.3) is 0 Å². The molecular formula is C14H12ClN3OS. The van der Waals surface area contributed by atoms with Gasteiger partial charge in [0, 0.05) is 30.2 Å². The van der Waals surface area contributed by atoms with Gasteiger partial charge in [-0.1, -0.05) is 29.8 Å². The molecule has 0 bridgehead atoms. The molecule has 0 radical (unpaired) electrons. The Bertz CT molecular complexity index is 765. The highest BCUT2D eigenvalue weighted by molar-refractivity contribution is 7.15. The SMILES string of the molecule is CN(Cc1ccccc1Cl)c1nc2sccn2c1C=O. The molecule has 0 aliphatic heterocycles. The Morgan fingerprint density at radius 2 is 2.25 bits per heavy atom. The molecule has 0 amide bonds. The van der Waals surface area contributed by atoms with Crippen LogP contribution in [0, 0.1) is 0 Å². The standard InChI is InChI=1S/C14H12ClN3OS/c1-17(8-10-4-2-3-5-11(10)15)13-12(9-19)18-6-7-20-14(18)16-13/h2-7,9H,8H2,1H3. The number of benzene rings is 1. The van der Waals surface area contributed by atoms with E-state index in [2.05, 4.69) is 4.98 Å². The fourth-order valence-corrected chi connectivity index (χ4v) is 3.05. The van der Waals surface area contributed by atoms with Gasteiger partial charge in [0.1, 0.15) is 5.69 Å². The Labute approximate surface area is 125 Å². The van der Waals surface area contributed by atoms with Crippen molar-refractivity contribution in [3.8, 4) is 0 Å². The third-order valence-corrected chi connectivity index (χ3v) is 4.24. The van der Waals surface area contributed by atoms with Gasteiger partial charge in [-0.15, -0.1) is 11.3 Å². The van der Waals surface area contributed by atoms with Crippen molar-refractivity contribution in [2.75, 3.05) is 11.9 Å². The second-order valence-corrected chi connectivity index (χ2v) is 5.72. The molecule has 0 spiro atoms. The molecule has 0 saturated carbocycles. The van der Waals surface area contributed by atoms with Gasteiger partial charge in [-0.3, -0.25) is 9.20 Å². The maximum Gasteiger partial charge on any atom is 0.196 e. The Balaban J connectivity index is 1.96. The van der Waals surface area contributed by atoms with Crippen molar-refractivity contribution in [2.24, 2.45) is 0 Å². The molecule has 3 aromatic rings. The summed E-state index contributed by atoms with van der Waals surface area (Å²) >= 11 is 7.67. The number of aromatic nitrogens is 2. The molecule has 2 aromatic heterocycles. The highest BCUT2D eigenvalue weighted by Gasteiger charge is 2.16. The Hall–Kier alpha value is -1.85. The van der Waals surface area contributed by atoms with Gasteiger partial charge in [0.05, 0.1) is 0 Å². The van der Waals surface area contributed by atoms with Crippen molar-refractivity contribution in [2.45, 2.75) is 6.54 Å². The number of anilines is 1. The number of hydrogen-bond acceptors (Lipinski definition) is 4. The zero-order chi connectivity index (χ0) is 14.1. The molecule has 4 nitrogen and oxygen atoms in total. The fraction of sp³-hybridized carbons (Fsp3) is 0.143. The number of hydrogen-bond donors (Lipinski definition) is 0. The third kappa shape index (κ3) is 2.19. The summed E-state index contributed by atoms with van der Waals surface area (Å²) in [5.74, 6) is 0.673. The van der Waals surface area contributed by atoms with Crippen LogP contribution in [0.4, 0.5) is 5.82 Å². The number of halogens is 1. The van der Waals surface area contributed by atoms with Gasteiger partial charge in [-0.05, 0) is 11.6 Å². The molecule has 0 aliphatic rings. The summed E-state index contributed by atoms with van der Waals surface area (Å²) in [7, 11) is 1.91. The molecule has 6 heteroatoms. The van der Waals surface area contributed by atoms with Crippen molar-refractivity contribution in [1.29, 1.82) is 0 Å². The van der Waals surface area contributed by atoms with Crippen LogP contribution in [0.15, 0.2) is 35.8 Å². The van der Waals surface area contributed by atoms with E-state index in [4.69, 9.17) is 11.6 Å². The minimum absolute atomic E-state index is 0.566. The molecule has 102 valence electrons. The molecule has 0 saturated heterocycles. The summed E-state index contributed by atoms with van der Waals surface area (Å²) < 4.78 is 1.80. The molecule has 2 heterocycles. The maximum atomic E-state index is 11.3. The zero-order valence-corrected chi connectivity index (χ0v) is 12.4. The summed E-state index contributed by atoms with van der Waals surface area (Å²) in [6.45, 7) is 0.603. The highest BCUT2D eigenvalue weighted by atomic mass is 35.5. The summed E-state index contributed by atoms with van der Waals surface area (Å²) in [6, 6.07) is 7.67. The topological polar surface area (TPSA) is 37.6 Å². The van der Waals surface area contributed by atoms with Crippen LogP contribution in [0.1, 0.15) is 16.1 Å². The molecule has 0 N–H and O–H groups in total. The average Bonchev–Trinajstić information content (AvgIpc) is 3.01. The first-order valence-electron chi connectivity index (χ1n) is 6.06. The van der Waals surface area contributed by atoms with Crippen LogP contribution in [0.2, 0.25) is 5.02 Å². The lowest BCUT2D eigenvalue weighted by molar-refractivity contribution is 0.111. The van der Waals surface area contributed by atoms with Crippen molar-refractivity contribution >= 4 is 40.0 Å². The van der Waals surface area contributed by atoms with E-state index in [1.807, 2.05) is 47.8 Å². The van der Waals surface area contributed by atoms with Crippen LogP contribution >= 0.6 is 22.9 Å². The van der Waals surface area contributed by atoms with Crippen LogP contribution in [0.25, 0.3) is 4.96 Å². The van der Waals surface area contributed by atoms with Gasteiger partial charge in [-0.2, -0.15) is 0 Å². The number of nitrogens with zero attached hydrogens (tertiary/aromatic N) is 3.